The summed E-state index contributed by atoms with van der Waals surface area (Å²) in [6.07, 6.45) is 2.09. The van der Waals surface area contributed by atoms with Crippen LogP contribution in [0.2, 0.25) is 0 Å². The number of anilines is 1. The Bertz CT molecular complexity index is 769. The standard InChI is InChI=1S/C12H15N5O4P/c13-9-7-10(15-4-14-9)17(5-16-7)12-1-6(18)8(19)11(12,2-12)3-21-22-20/h4-6,8,18-19,22H,1-3H2,(H2,13,14,15)/q+1. The van der Waals surface area contributed by atoms with Crippen LogP contribution in [-0.2, 0) is 14.6 Å². The van der Waals surface area contributed by atoms with Gasteiger partial charge in [-0.2, -0.15) is 0 Å². The number of nitrogens with two attached hydrogens (primary N) is 1. The number of aliphatic hydroxyl groups is 2. The van der Waals surface area contributed by atoms with E-state index < -0.39 is 31.8 Å². The fourth-order valence-electron chi connectivity index (χ4n) is 3.98. The zero-order valence-corrected chi connectivity index (χ0v) is 12.5. The van der Waals surface area contributed by atoms with Crippen LogP contribution < -0.4 is 5.73 Å². The maximum absolute atomic E-state index is 10.7. The average molecular weight is 324 g/mol. The van der Waals surface area contributed by atoms with Gasteiger partial charge < -0.3 is 20.5 Å². The second kappa shape index (κ2) is 4.42. The lowest BCUT2D eigenvalue weighted by molar-refractivity contribution is -0.0141. The Morgan fingerprint density at radius 1 is 1.45 bits per heavy atom. The van der Waals surface area contributed by atoms with Gasteiger partial charge in [-0.3, -0.25) is 0 Å². The molecule has 2 aromatic rings. The van der Waals surface area contributed by atoms with Crippen LogP contribution in [0.5, 0.6) is 0 Å². The Kier molecular flexibility index (Phi) is 2.80. The van der Waals surface area contributed by atoms with Gasteiger partial charge in [-0.25, -0.2) is 15.0 Å². The van der Waals surface area contributed by atoms with Crippen molar-refractivity contribution in [1.82, 2.24) is 19.5 Å². The van der Waals surface area contributed by atoms with Crippen molar-refractivity contribution in [1.29, 1.82) is 0 Å². The molecule has 2 aromatic heterocycles. The lowest BCUT2D eigenvalue weighted by Gasteiger charge is -2.19. The minimum Gasteiger partial charge on any atom is -0.390 e. The van der Waals surface area contributed by atoms with Gasteiger partial charge >= 0.3 is 8.69 Å². The second-order valence-corrected chi connectivity index (χ2v) is 6.45. The Labute approximate surface area is 126 Å². The molecule has 2 aliphatic carbocycles. The third-order valence-corrected chi connectivity index (χ3v) is 5.36. The lowest BCUT2D eigenvalue weighted by atomic mass is 10.00. The lowest BCUT2D eigenvalue weighted by Crippen LogP contribution is -2.33. The van der Waals surface area contributed by atoms with Gasteiger partial charge in [0.05, 0.1) is 29.5 Å². The molecule has 4 rings (SSSR count). The molecule has 0 aliphatic heterocycles. The highest BCUT2D eigenvalue weighted by atomic mass is 31.1. The Balaban J connectivity index is 1.84. The monoisotopic (exact) mass is 324 g/mol. The highest BCUT2D eigenvalue weighted by Gasteiger charge is 2.79. The SMILES string of the molecule is Nc1ncnc2c1ncn2C12CC(O)C(O)C1(CO[PH+]=O)C2. The van der Waals surface area contributed by atoms with E-state index in [-0.39, 0.29) is 12.4 Å². The molecule has 22 heavy (non-hydrogen) atoms. The molecule has 10 heteroatoms. The molecule has 4 N–H and O–H groups in total. The van der Waals surface area contributed by atoms with Gasteiger partial charge in [0.1, 0.15) is 18.5 Å². The van der Waals surface area contributed by atoms with Crippen LogP contribution in [0.25, 0.3) is 11.2 Å². The minimum absolute atomic E-state index is 0.105. The van der Waals surface area contributed by atoms with E-state index in [1.165, 1.54) is 6.33 Å². The Morgan fingerprint density at radius 2 is 2.27 bits per heavy atom. The summed E-state index contributed by atoms with van der Waals surface area (Å²) in [6, 6.07) is 0. The summed E-state index contributed by atoms with van der Waals surface area (Å²) in [5, 5.41) is 20.4. The predicted octanol–water partition coefficient (Wildman–Crippen LogP) is -0.425. The van der Waals surface area contributed by atoms with E-state index in [0.29, 0.717) is 24.0 Å². The first-order valence-corrected chi connectivity index (χ1v) is 7.66. The van der Waals surface area contributed by atoms with E-state index in [4.69, 9.17) is 10.3 Å². The molecule has 2 saturated carbocycles. The highest BCUT2D eigenvalue weighted by molar-refractivity contribution is 7.17. The van der Waals surface area contributed by atoms with Gasteiger partial charge in [0, 0.05) is 6.42 Å². The molecule has 0 amide bonds. The van der Waals surface area contributed by atoms with Crippen molar-refractivity contribution in [2.75, 3.05) is 12.3 Å². The molecule has 5 atom stereocenters. The van der Waals surface area contributed by atoms with Crippen molar-refractivity contribution >= 4 is 25.7 Å². The van der Waals surface area contributed by atoms with Crippen molar-refractivity contribution in [3.8, 4) is 0 Å². The summed E-state index contributed by atoms with van der Waals surface area (Å²) in [7, 11) is -0.909. The van der Waals surface area contributed by atoms with Gasteiger partial charge in [-0.1, -0.05) is 0 Å². The van der Waals surface area contributed by atoms with Gasteiger partial charge in [0.15, 0.2) is 11.5 Å². The molecule has 116 valence electrons. The first-order valence-electron chi connectivity index (χ1n) is 6.85. The van der Waals surface area contributed by atoms with Crippen LogP contribution in [0.3, 0.4) is 0 Å². The molecule has 2 aliphatic rings. The van der Waals surface area contributed by atoms with Gasteiger partial charge in [0.25, 0.3) is 0 Å². The fourth-order valence-corrected chi connectivity index (χ4v) is 4.29. The number of fused-ring (bicyclic) bond motifs is 2. The third-order valence-electron chi connectivity index (χ3n) is 5.10. The zero-order chi connectivity index (χ0) is 15.5. The molecule has 2 heterocycles. The molecule has 2 fully saturated rings. The van der Waals surface area contributed by atoms with Crippen LogP contribution in [0, 0.1) is 5.41 Å². The molecular weight excluding hydrogens is 309 g/mol. The predicted molar refractivity (Wildman–Crippen MR) is 76.3 cm³/mol. The second-order valence-electron chi connectivity index (χ2n) is 6.00. The first-order chi connectivity index (χ1) is 10.6. The van der Waals surface area contributed by atoms with E-state index in [9.17, 15) is 14.8 Å². The van der Waals surface area contributed by atoms with Crippen molar-refractivity contribution in [3.05, 3.63) is 12.7 Å². The van der Waals surface area contributed by atoms with Crippen molar-refractivity contribution in [2.24, 2.45) is 5.41 Å². The summed E-state index contributed by atoms with van der Waals surface area (Å²) in [5.41, 5.74) is 5.61. The number of nitrogens with zero attached hydrogens (tertiary/aromatic N) is 4. The normalized spacial score (nSPS) is 36.8. The van der Waals surface area contributed by atoms with Crippen LogP contribution in [0.1, 0.15) is 12.8 Å². The van der Waals surface area contributed by atoms with Crippen LogP contribution in [0.15, 0.2) is 12.7 Å². The van der Waals surface area contributed by atoms with Gasteiger partial charge in [-0.05, 0) is 11.0 Å². The topological polar surface area (TPSA) is 136 Å². The van der Waals surface area contributed by atoms with E-state index in [1.807, 2.05) is 4.57 Å². The summed E-state index contributed by atoms with van der Waals surface area (Å²) < 4.78 is 17.6. The zero-order valence-electron chi connectivity index (χ0n) is 11.5. The smallest absolute Gasteiger partial charge is 0.390 e. The Hall–Kier alpha value is -1.67. The summed E-state index contributed by atoms with van der Waals surface area (Å²) >= 11 is 0. The molecule has 0 saturated heterocycles. The average Bonchev–Trinajstić information content (AvgIpc) is 2.84. The molecule has 5 unspecified atom stereocenters. The van der Waals surface area contributed by atoms with E-state index in [1.54, 1.807) is 6.33 Å². The van der Waals surface area contributed by atoms with Crippen LogP contribution >= 0.6 is 8.69 Å². The minimum atomic E-state index is -0.944. The maximum atomic E-state index is 10.7. The summed E-state index contributed by atoms with van der Waals surface area (Å²) in [5.74, 6) is 0.280. The van der Waals surface area contributed by atoms with Gasteiger partial charge in [0.2, 0.25) is 0 Å². The maximum Gasteiger partial charge on any atom is 0.494 e. The van der Waals surface area contributed by atoms with Crippen molar-refractivity contribution in [2.45, 2.75) is 30.6 Å². The molecule has 9 nitrogen and oxygen atoms in total. The molecule has 0 aromatic carbocycles. The fraction of sp³-hybridized carbons (Fsp3) is 0.583. The Morgan fingerprint density at radius 3 is 3.05 bits per heavy atom. The van der Waals surface area contributed by atoms with Gasteiger partial charge in [-0.15, -0.1) is 4.52 Å². The number of aromatic nitrogens is 4. The number of hydrogen-bond donors (Lipinski definition) is 3. The number of hydrogen-bond acceptors (Lipinski definition) is 8. The quantitative estimate of drug-likeness (QED) is 0.645. The number of imidazole rings is 1. The molecule has 0 radical (unpaired) electrons. The number of rotatable bonds is 4. The first kappa shape index (κ1) is 14.0. The summed E-state index contributed by atoms with van der Waals surface area (Å²) in [4.78, 5) is 12.4. The molecular formula is C12H15N5O4P+. The van der Waals surface area contributed by atoms with E-state index >= 15 is 0 Å². The van der Waals surface area contributed by atoms with E-state index in [0.717, 1.165) is 0 Å². The van der Waals surface area contributed by atoms with Crippen LogP contribution in [0.4, 0.5) is 5.82 Å². The van der Waals surface area contributed by atoms with Crippen LogP contribution in [-0.4, -0.2) is 48.5 Å². The summed E-state index contributed by atoms with van der Waals surface area (Å²) in [6.45, 7) is 0.105. The number of aliphatic hydroxyl groups excluding tert-OH is 2. The van der Waals surface area contributed by atoms with Crippen molar-refractivity contribution < 1.29 is 19.3 Å². The molecule has 0 bridgehead atoms. The largest absolute Gasteiger partial charge is 0.494 e. The molecule has 0 spiro atoms. The third kappa shape index (κ3) is 1.51. The number of nitrogen functional groups attached to an aromatic ring is 1. The van der Waals surface area contributed by atoms with Crippen molar-refractivity contribution in [3.63, 3.8) is 0 Å². The van der Waals surface area contributed by atoms with E-state index in [2.05, 4.69) is 15.0 Å². The highest BCUT2D eigenvalue weighted by Crippen LogP contribution is 2.71.